The van der Waals surface area contributed by atoms with E-state index in [0.717, 1.165) is 18.5 Å². The lowest BCUT2D eigenvalue weighted by Gasteiger charge is -2.09. The molecule has 0 amide bonds. The van der Waals surface area contributed by atoms with Crippen LogP contribution in [0.3, 0.4) is 0 Å². The maximum Gasteiger partial charge on any atom is 0.0574 e. The Morgan fingerprint density at radius 2 is 2.31 bits per heavy atom. The molecule has 0 aromatic carbocycles. The fourth-order valence-corrected chi connectivity index (χ4v) is 1.85. The lowest BCUT2D eigenvalue weighted by atomic mass is 10.1. The summed E-state index contributed by atoms with van der Waals surface area (Å²) in [6, 6.07) is 4.39. The minimum Gasteiger partial charge on any atom is -0.323 e. The van der Waals surface area contributed by atoms with Gasteiger partial charge >= 0.3 is 0 Å². The van der Waals surface area contributed by atoms with Crippen LogP contribution in [0, 0.1) is 0 Å². The molecule has 13 heavy (non-hydrogen) atoms. The molecular formula is C11H16N2. The molecule has 0 aliphatic heterocycles. The van der Waals surface area contributed by atoms with E-state index in [1.165, 1.54) is 24.1 Å². The predicted octanol–water partition coefficient (Wildman–Crippen LogP) is 1.98. The molecule has 0 saturated heterocycles. The quantitative estimate of drug-likeness (QED) is 0.748. The number of pyridine rings is 1. The summed E-state index contributed by atoms with van der Waals surface area (Å²) in [5.41, 5.74) is 9.69. The third-order valence-corrected chi connectivity index (χ3v) is 2.77. The van der Waals surface area contributed by atoms with E-state index in [1.807, 2.05) is 0 Å². The van der Waals surface area contributed by atoms with Crippen molar-refractivity contribution in [3.8, 4) is 0 Å². The van der Waals surface area contributed by atoms with Crippen LogP contribution in [-0.4, -0.2) is 4.98 Å². The zero-order valence-electron chi connectivity index (χ0n) is 8.09. The Morgan fingerprint density at radius 1 is 1.46 bits per heavy atom. The first-order chi connectivity index (χ1) is 6.31. The van der Waals surface area contributed by atoms with Gasteiger partial charge in [0.15, 0.2) is 0 Å². The Labute approximate surface area is 79.2 Å². The Balaban J connectivity index is 2.30. The van der Waals surface area contributed by atoms with Crippen molar-refractivity contribution in [1.82, 2.24) is 4.98 Å². The van der Waals surface area contributed by atoms with Gasteiger partial charge in [0, 0.05) is 11.7 Å². The summed E-state index contributed by atoms with van der Waals surface area (Å²) >= 11 is 0. The van der Waals surface area contributed by atoms with E-state index in [1.54, 1.807) is 0 Å². The minimum atomic E-state index is 0.117. The highest BCUT2D eigenvalue weighted by molar-refractivity contribution is 5.27. The molecule has 0 radical (unpaired) electrons. The van der Waals surface area contributed by atoms with Gasteiger partial charge in [0.25, 0.3) is 0 Å². The maximum atomic E-state index is 5.93. The van der Waals surface area contributed by atoms with E-state index in [4.69, 9.17) is 5.73 Å². The topological polar surface area (TPSA) is 38.9 Å². The second kappa shape index (κ2) is 3.46. The molecule has 0 bridgehead atoms. The normalized spacial score (nSPS) is 17.1. The van der Waals surface area contributed by atoms with Crippen molar-refractivity contribution in [2.75, 3.05) is 0 Å². The van der Waals surface area contributed by atoms with Crippen molar-refractivity contribution >= 4 is 0 Å². The summed E-state index contributed by atoms with van der Waals surface area (Å²) in [7, 11) is 0. The number of nitrogens with two attached hydrogens (primary N) is 1. The van der Waals surface area contributed by atoms with Gasteiger partial charge in [-0.3, -0.25) is 4.98 Å². The number of hydrogen-bond acceptors (Lipinski definition) is 2. The first-order valence-electron chi connectivity index (χ1n) is 5.05. The van der Waals surface area contributed by atoms with E-state index < -0.39 is 0 Å². The van der Waals surface area contributed by atoms with E-state index >= 15 is 0 Å². The number of hydrogen-bond donors (Lipinski definition) is 1. The van der Waals surface area contributed by atoms with Gasteiger partial charge in [-0.25, -0.2) is 0 Å². The number of fused-ring (bicyclic) bond motifs is 1. The molecule has 2 rings (SSSR count). The lowest BCUT2D eigenvalue weighted by Crippen LogP contribution is -2.11. The van der Waals surface area contributed by atoms with Gasteiger partial charge in [0.05, 0.1) is 5.69 Å². The average molecular weight is 176 g/mol. The largest absolute Gasteiger partial charge is 0.323 e. The standard InChI is InChI=1S/C11H16N2/c1-2-9(12)11-7-6-8-4-3-5-10(8)13-11/h6-7,9H,2-5,12H2,1H3/t9-/m0/s1. The van der Waals surface area contributed by atoms with E-state index in [-0.39, 0.29) is 6.04 Å². The molecule has 1 atom stereocenters. The fraction of sp³-hybridized carbons (Fsp3) is 0.545. The molecule has 70 valence electrons. The molecule has 1 aliphatic carbocycles. The molecule has 1 heterocycles. The fourth-order valence-electron chi connectivity index (χ4n) is 1.85. The van der Waals surface area contributed by atoms with Crippen molar-refractivity contribution in [3.05, 3.63) is 29.1 Å². The van der Waals surface area contributed by atoms with Gasteiger partial charge in [-0.05, 0) is 37.3 Å². The molecule has 1 aromatic rings. The Kier molecular flexibility index (Phi) is 2.32. The number of aromatic nitrogens is 1. The molecule has 0 fully saturated rings. The second-order valence-corrected chi connectivity index (χ2v) is 3.71. The summed E-state index contributed by atoms with van der Waals surface area (Å²) in [4.78, 5) is 4.60. The van der Waals surface area contributed by atoms with Crippen LogP contribution in [0.2, 0.25) is 0 Å². The van der Waals surface area contributed by atoms with Crippen molar-refractivity contribution in [2.24, 2.45) is 5.73 Å². The molecular weight excluding hydrogens is 160 g/mol. The first kappa shape index (κ1) is 8.70. The van der Waals surface area contributed by atoms with Crippen LogP contribution in [0.1, 0.15) is 42.8 Å². The summed E-state index contributed by atoms with van der Waals surface area (Å²) in [5.74, 6) is 0. The van der Waals surface area contributed by atoms with Gasteiger partial charge < -0.3 is 5.73 Å². The Bertz CT molecular complexity index is 307. The monoisotopic (exact) mass is 176 g/mol. The van der Waals surface area contributed by atoms with Crippen LogP contribution in [-0.2, 0) is 12.8 Å². The van der Waals surface area contributed by atoms with E-state index in [0.29, 0.717) is 0 Å². The number of aryl methyl sites for hydroxylation is 2. The third-order valence-electron chi connectivity index (χ3n) is 2.77. The molecule has 1 aliphatic rings. The zero-order valence-corrected chi connectivity index (χ0v) is 8.09. The van der Waals surface area contributed by atoms with Gasteiger partial charge in [0.1, 0.15) is 0 Å². The Hall–Kier alpha value is -0.890. The number of nitrogens with zero attached hydrogens (tertiary/aromatic N) is 1. The molecule has 0 saturated carbocycles. The summed E-state index contributed by atoms with van der Waals surface area (Å²) in [6.07, 6.45) is 4.56. The maximum absolute atomic E-state index is 5.93. The third kappa shape index (κ3) is 1.59. The van der Waals surface area contributed by atoms with Crippen LogP contribution in [0.15, 0.2) is 12.1 Å². The molecule has 2 N–H and O–H groups in total. The van der Waals surface area contributed by atoms with Crippen LogP contribution in [0.5, 0.6) is 0 Å². The van der Waals surface area contributed by atoms with Crippen molar-refractivity contribution < 1.29 is 0 Å². The molecule has 0 spiro atoms. The van der Waals surface area contributed by atoms with Crippen LogP contribution < -0.4 is 5.73 Å². The average Bonchev–Trinajstić information content (AvgIpc) is 2.63. The Morgan fingerprint density at radius 3 is 3.08 bits per heavy atom. The highest BCUT2D eigenvalue weighted by Crippen LogP contribution is 2.22. The van der Waals surface area contributed by atoms with Crippen molar-refractivity contribution in [3.63, 3.8) is 0 Å². The minimum absolute atomic E-state index is 0.117. The summed E-state index contributed by atoms with van der Waals surface area (Å²) in [6.45, 7) is 2.10. The lowest BCUT2D eigenvalue weighted by molar-refractivity contribution is 0.671. The van der Waals surface area contributed by atoms with Crippen LogP contribution >= 0.6 is 0 Å². The van der Waals surface area contributed by atoms with Gasteiger partial charge in [-0.2, -0.15) is 0 Å². The zero-order chi connectivity index (χ0) is 9.26. The second-order valence-electron chi connectivity index (χ2n) is 3.71. The van der Waals surface area contributed by atoms with Gasteiger partial charge in [0.2, 0.25) is 0 Å². The highest BCUT2D eigenvalue weighted by atomic mass is 14.8. The molecule has 2 heteroatoms. The van der Waals surface area contributed by atoms with Gasteiger partial charge in [-0.1, -0.05) is 13.0 Å². The molecule has 1 aromatic heterocycles. The number of rotatable bonds is 2. The van der Waals surface area contributed by atoms with Crippen molar-refractivity contribution in [2.45, 2.75) is 38.6 Å². The van der Waals surface area contributed by atoms with Crippen molar-refractivity contribution in [1.29, 1.82) is 0 Å². The first-order valence-corrected chi connectivity index (χ1v) is 5.05. The summed E-state index contributed by atoms with van der Waals surface area (Å²) < 4.78 is 0. The predicted molar refractivity (Wildman–Crippen MR) is 53.5 cm³/mol. The smallest absolute Gasteiger partial charge is 0.0574 e. The van der Waals surface area contributed by atoms with Crippen LogP contribution in [0.25, 0.3) is 0 Å². The SMILES string of the molecule is CC[C@H](N)c1ccc2c(n1)CCC2. The highest BCUT2D eigenvalue weighted by Gasteiger charge is 2.14. The summed E-state index contributed by atoms with van der Waals surface area (Å²) in [5, 5.41) is 0. The van der Waals surface area contributed by atoms with E-state index in [9.17, 15) is 0 Å². The van der Waals surface area contributed by atoms with Gasteiger partial charge in [-0.15, -0.1) is 0 Å². The molecule has 2 nitrogen and oxygen atoms in total. The molecule has 0 unspecified atom stereocenters. The van der Waals surface area contributed by atoms with Crippen LogP contribution in [0.4, 0.5) is 0 Å². The van der Waals surface area contributed by atoms with E-state index in [2.05, 4.69) is 24.0 Å².